The van der Waals surface area contributed by atoms with Crippen LogP contribution in [0.2, 0.25) is 0 Å². The van der Waals surface area contributed by atoms with Crippen LogP contribution in [0.25, 0.3) is 10.9 Å². The Labute approximate surface area is 117 Å². The van der Waals surface area contributed by atoms with Crippen molar-refractivity contribution < 1.29 is 9.52 Å². The molecule has 0 saturated heterocycles. The summed E-state index contributed by atoms with van der Waals surface area (Å²) in [6.45, 7) is 4.82. The molecule has 3 aromatic rings. The number of benzene rings is 1. The average molecular weight is 270 g/mol. The third-order valence-corrected chi connectivity index (χ3v) is 3.63. The highest BCUT2D eigenvalue weighted by Gasteiger charge is 2.18. The topological polar surface area (TPSA) is 51.2 Å². The van der Waals surface area contributed by atoms with Gasteiger partial charge in [-0.2, -0.15) is 5.10 Å². The molecule has 0 radical (unpaired) electrons. The number of para-hydroxylation sites is 1. The molecule has 104 valence electrons. The molecule has 1 aromatic carbocycles. The van der Waals surface area contributed by atoms with Gasteiger partial charge < -0.3 is 9.52 Å². The molecule has 4 nitrogen and oxygen atoms in total. The van der Waals surface area contributed by atoms with Crippen molar-refractivity contribution in [2.24, 2.45) is 0 Å². The van der Waals surface area contributed by atoms with Crippen LogP contribution in [-0.4, -0.2) is 14.9 Å². The second-order valence-corrected chi connectivity index (χ2v) is 4.97. The molecule has 0 fully saturated rings. The van der Waals surface area contributed by atoms with Gasteiger partial charge in [0.15, 0.2) is 0 Å². The number of hydrogen-bond acceptors (Lipinski definition) is 3. The Morgan fingerprint density at radius 1 is 1.30 bits per heavy atom. The lowest BCUT2D eigenvalue weighted by Crippen LogP contribution is -2.04. The molecule has 1 atom stereocenters. The Morgan fingerprint density at radius 2 is 2.10 bits per heavy atom. The maximum atomic E-state index is 10.3. The first-order valence-electron chi connectivity index (χ1n) is 6.87. The molecule has 20 heavy (non-hydrogen) atoms. The number of aliphatic hydroxyl groups is 1. The fraction of sp³-hybridized carbons (Fsp3) is 0.312. The molecule has 0 aliphatic carbocycles. The summed E-state index contributed by atoms with van der Waals surface area (Å²) >= 11 is 0. The minimum atomic E-state index is -0.659. The van der Waals surface area contributed by atoms with Crippen molar-refractivity contribution in [1.82, 2.24) is 9.78 Å². The fourth-order valence-corrected chi connectivity index (χ4v) is 2.59. The second kappa shape index (κ2) is 5.13. The van der Waals surface area contributed by atoms with Gasteiger partial charge in [0.25, 0.3) is 0 Å². The van der Waals surface area contributed by atoms with Crippen LogP contribution in [0.15, 0.2) is 41.0 Å². The van der Waals surface area contributed by atoms with Crippen LogP contribution in [0.3, 0.4) is 0 Å². The largest absolute Gasteiger partial charge is 0.466 e. The Balaban J connectivity index is 1.97. The summed E-state index contributed by atoms with van der Waals surface area (Å²) in [6, 6.07) is 9.97. The Morgan fingerprint density at radius 3 is 2.80 bits per heavy atom. The Kier molecular flexibility index (Phi) is 3.32. The lowest BCUT2D eigenvalue weighted by Gasteiger charge is -2.07. The van der Waals surface area contributed by atoms with Gasteiger partial charge in [0.2, 0.25) is 0 Å². The van der Waals surface area contributed by atoms with Crippen LogP contribution in [0, 0.1) is 6.92 Å². The van der Waals surface area contributed by atoms with Gasteiger partial charge in [-0.25, -0.2) is 0 Å². The van der Waals surface area contributed by atoms with Gasteiger partial charge in [0.1, 0.15) is 11.9 Å². The molecule has 1 unspecified atom stereocenters. The number of aliphatic hydroxyl groups excluding tert-OH is 1. The highest BCUT2D eigenvalue weighted by Crippen LogP contribution is 2.26. The number of nitrogens with zero attached hydrogens (tertiary/aromatic N) is 2. The Bertz CT molecular complexity index is 727. The van der Waals surface area contributed by atoms with Gasteiger partial charge in [-0.15, -0.1) is 0 Å². The van der Waals surface area contributed by atoms with E-state index in [2.05, 4.69) is 18.1 Å². The molecule has 2 heterocycles. The zero-order chi connectivity index (χ0) is 14.1. The van der Waals surface area contributed by atoms with Crippen LogP contribution >= 0.6 is 0 Å². The first-order valence-corrected chi connectivity index (χ1v) is 6.87. The predicted molar refractivity (Wildman–Crippen MR) is 77.5 cm³/mol. The van der Waals surface area contributed by atoms with Gasteiger partial charge in [0, 0.05) is 18.4 Å². The van der Waals surface area contributed by atoms with E-state index >= 15 is 0 Å². The molecule has 3 rings (SSSR count). The van der Waals surface area contributed by atoms with Crippen molar-refractivity contribution in [2.75, 3.05) is 0 Å². The summed E-state index contributed by atoms with van der Waals surface area (Å²) in [6.07, 6.45) is 1.41. The van der Waals surface area contributed by atoms with Crippen LogP contribution < -0.4 is 0 Å². The number of furan rings is 1. The van der Waals surface area contributed by atoms with Gasteiger partial charge >= 0.3 is 0 Å². The molecule has 0 amide bonds. The van der Waals surface area contributed by atoms with Crippen LogP contribution in [0.1, 0.15) is 30.0 Å². The second-order valence-electron chi connectivity index (χ2n) is 4.97. The quantitative estimate of drug-likeness (QED) is 0.791. The van der Waals surface area contributed by atoms with E-state index < -0.39 is 6.10 Å². The van der Waals surface area contributed by atoms with E-state index in [1.54, 1.807) is 6.26 Å². The van der Waals surface area contributed by atoms with Crippen molar-refractivity contribution in [3.05, 3.63) is 53.6 Å². The molecule has 0 saturated carbocycles. The smallest absolute Gasteiger partial charge is 0.135 e. The third-order valence-electron chi connectivity index (χ3n) is 3.63. The van der Waals surface area contributed by atoms with E-state index in [4.69, 9.17) is 4.42 Å². The minimum Gasteiger partial charge on any atom is -0.466 e. The first-order chi connectivity index (χ1) is 9.70. The lowest BCUT2D eigenvalue weighted by atomic mass is 10.1. The van der Waals surface area contributed by atoms with E-state index in [1.165, 1.54) is 0 Å². The van der Waals surface area contributed by atoms with Crippen molar-refractivity contribution >= 4 is 10.9 Å². The van der Waals surface area contributed by atoms with E-state index in [9.17, 15) is 5.11 Å². The maximum absolute atomic E-state index is 10.3. The van der Waals surface area contributed by atoms with Gasteiger partial charge in [0.05, 0.1) is 17.5 Å². The summed E-state index contributed by atoms with van der Waals surface area (Å²) < 4.78 is 7.32. The van der Waals surface area contributed by atoms with E-state index in [0.29, 0.717) is 12.2 Å². The van der Waals surface area contributed by atoms with E-state index in [1.807, 2.05) is 35.9 Å². The third kappa shape index (κ3) is 2.12. The van der Waals surface area contributed by atoms with Crippen molar-refractivity contribution in [2.45, 2.75) is 32.9 Å². The summed E-state index contributed by atoms with van der Waals surface area (Å²) in [5, 5.41) is 16.0. The molecule has 0 aliphatic rings. The molecule has 0 spiro atoms. The van der Waals surface area contributed by atoms with Crippen LogP contribution in [0.5, 0.6) is 0 Å². The van der Waals surface area contributed by atoms with Crippen molar-refractivity contribution in [3.8, 4) is 0 Å². The first kappa shape index (κ1) is 12.9. The molecule has 0 aliphatic heterocycles. The normalized spacial score (nSPS) is 12.9. The number of fused-ring (bicyclic) bond motifs is 1. The van der Waals surface area contributed by atoms with Gasteiger partial charge in [-0.3, -0.25) is 4.68 Å². The molecule has 2 aromatic heterocycles. The average Bonchev–Trinajstić information content (AvgIpc) is 3.03. The van der Waals surface area contributed by atoms with Crippen LogP contribution in [0.4, 0.5) is 0 Å². The summed E-state index contributed by atoms with van der Waals surface area (Å²) in [5.74, 6) is 0.625. The van der Waals surface area contributed by atoms with Crippen molar-refractivity contribution in [1.29, 1.82) is 0 Å². The SMILES string of the molecule is CCn1nc(CC(O)c2occc2C)c2ccccc21. The predicted octanol–water partition coefficient (Wildman–Crippen LogP) is 3.23. The number of rotatable bonds is 4. The zero-order valence-corrected chi connectivity index (χ0v) is 11.7. The van der Waals surface area contributed by atoms with E-state index in [-0.39, 0.29) is 0 Å². The summed E-state index contributed by atoms with van der Waals surface area (Å²) in [7, 11) is 0. The Hall–Kier alpha value is -2.07. The molecular formula is C16H18N2O2. The summed E-state index contributed by atoms with van der Waals surface area (Å²) in [5.41, 5.74) is 2.98. The maximum Gasteiger partial charge on any atom is 0.135 e. The monoisotopic (exact) mass is 270 g/mol. The number of aromatic nitrogens is 2. The highest BCUT2D eigenvalue weighted by molar-refractivity contribution is 5.82. The van der Waals surface area contributed by atoms with Gasteiger partial charge in [-0.05, 0) is 31.5 Å². The standard InChI is InChI=1S/C16H18N2O2/c1-3-18-14-7-5-4-6-12(14)13(17-18)10-15(19)16-11(2)8-9-20-16/h4-9,15,19H,3,10H2,1-2H3. The van der Waals surface area contributed by atoms with E-state index in [0.717, 1.165) is 28.7 Å². The number of aryl methyl sites for hydroxylation is 2. The van der Waals surface area contributed by atoms with Crippen LogP contribution in [-0.2, 0) is 13.0 Å². The number of hydrogen-bond donors (Lipinski definition) is 1. The minimum absolute atomic E-state index is 0.460. The molecule has 1 N–H and O–H groups in total. The fourth-order valence-electron chi connectivity index (χ4n) is 2.59. The lowest BCUT2D eigenvalue weighted by molar-refractivity contribution is 0.148. The molecular weight excluding hydrogens is 252 g/mol. The summed E-state index contributed by atoms with van der Waals surface area (Å²) in [4.78, 5) is 0. The van der Waals surface area contributed by atoms with Gasteiger partial charge in [-0.1, -0.05) is 18.2 Å². The zero-order valence-electron chi connectivity index (χ0n) is 11.7. The molecule has 0 bridgehead atoms. The highest BCUT2D eigenvalue weighted by atomic mass is 16.4. The van der Waals surface area contributed by atoms with Crippen molar-refractivity contribution in [3.63, 3.8) is 0 Å². The molecule has 4 heteroatoms.